The number of benzene rings is 1. The van der Waals surface area contributed by atoms with Crippen LogP contribution in [0.4, 0.5) is 0 Å². The number of aromatic nitrogens is 2. The summed E-state index contributed by atoms with van der Waals surface area (Å²) in [7, 11) is 0. The van der Waals surface area contributed by atoms with E-state index in [4.69, 9.17) is 4.74 Å². The van der Waals surface area contributed by atoms with E-state index in [1.54, 1.807) is 0 Å². The van der Waals surface area contributed by atoms with Gasteiger partial charge in [-0.2, -0.15) is 5.10 Å². The van der Waals surface area contributed by atoms with Crippen LogP contribution in [0.5, 0.6) is 0 Å². The minimum Gasteiger partial charge on any atom is -0.374 e. The third-order valence-electron chi connectivity index (χ3n) is 5.72. The molecule has 1 aromatic heterocycles. The number of hydrogen-bond donors (Lipinski definition) is 0. The maximum absolute atomic E-state index is 13.2. The van der Waals surface area contributed by atoms with Gasteiger partial charge in [0.05, 0.1) is 36.4 Å². The molecule has 2 aromatic rings. The summed E-state index contributed by atoms with van der Waals surface area (Å²) in [5.74, 6) is 0.0521. The van der Waals surface area contributed by atoms with E-state index in [1.165, 1.54) is 0 Å². The van der Waals surface area contributed by atoms with Crippen LogP contribution in [0.3, 0.4) is 0 Å². The Bertz CT molecular complexity index is 879. The van der Waals surface area contributed by atoms with Crippen LogP contribution in [-0.4, -0.2) is 63.2 Å². The average Bonchev–Trinajstić information content (AvgIpc) is 3.26. The van der Waals surface area contributed by atoms with Crippen molar-refractivity contribution in [3.63, 3.8) is 0 Å². The zero-order valence-corrected chi connectivity index (χ0v) is 17.1. The average molecular weight is 396 g/mol. The zero-order valence-electron chi connectivity index (χ0n) is 17.1. The van der Waals surface area contributed by atoms with Crippen molar-refractivity contribution in [2.45, 2.75) is 51.9 Å². The first-order valence-electron chi connectivity index (χ1n) is 10.3. The molecule has 2 aliphatic heterocycles. The molecule has 0 aliphatic carbocycles. The second kappa shape index (κ2) is 8.37. The van der Waals surface area contributed by atoms with Crippen molar-refractivity contribution in [3.8, 4) is 0 Å². The van der Waals surface area contributed by atoms with Crippen LogP contribution in [0.1, 0.15) is 41.4 Å². The molecular formula is C22H28N4O3. The Hall–Kier alpha value is -2.67. The molecule has 0 unspecified atom stereocenters. The van der Waals surface area contributed by atoms with Gasteiger partial charge in [-0.3, -0.25) is 14.3 Å². The molecule has 0 saturated carbocycles. The van der Waals surface area contributed by atoms with Crippen molar-refractivity contribution in [1.82, 2.24) is 19.6 Å². The second-order valence-electron chi connectivity index (χ2n) is 7.84. The summed E-state index contributed by atoms with van der Waals surface area (Å²) < 4.78 is 7.81. The quantitative estimate of drug-likeness (QED) is 0.777. The number of amides is 2. The molecule has 3 heterocycles. The van der Waals surface area contributed by atoms with Crippen molar-refractivity contribution >= 4 is 11.8 Å². The van der Waals surface area contributed by atoms with E-state index in [2.05, 4.69) is 12.0 Å². The standard InChI is InChI=1S/C22H28N4O3/c1-3-10-25-13-18(16(2)23-25)22(28)24-14-19-20(15-24)29-11-9-21(27)26(19)12-17-7-5-4-6-8-17/h4-8,13,19-20H,3,9-12,14-15H2,1-2H3/t19-,20-/m0/s1. The van der Waals surface area contributed by atoms with Gasteiger partial charge in [0.2, 0.25) is 5.91 Å². The van der Waals surface area contributed by atoms with Gasteiger partial charge in [0, 0.05) is 32.4 Å². The van der Waals surface area contributed by atoms with Crippen LogP contribution < -0.4 is 0 Å². The molecule has 2 amide bonds. The number of nitrogens with zero attached hydrogens (tertiary/aromatic N) is 4. The van der Waals surface area contributed by atoms with Crippen molar-refractivity contribution in [1.29, 1.82) is 0 Å². The Balaban J connectivity index is 1.53. The summed E-state index contributed by atoms with van der Waals surface area (Å²) in [6, 6.07) is 9.85. The van der Waals surface area contributed by atoms with Crippen LogP contribution in [0.2, 0.25) is 0 Å². The lowest BCUT2D eigenvalue weighted by molar-refractivity contribution is -0.133. The highest BCUT2D eigenvalue weighted by Crippen LogP contribution is 2.26. The van der Waals surface area contributed by atoms with Gasteiger partial charge in [-0.05, 0) is 18.9 Å². The van der Waals surface area contributed by atoms with Crippen LogP contribution >= 0.6 is 0 Å². The number of likely N-dealkylation sites (tertiary alicyclic amines) is 1. The molecule has 7 nitrogen and oxygen atoms in total. The molecule has 154 valence electrons. The molecule has 0 radical (unpaired) electrons. The number of rotatable bonds is 5. The lowest BCUT2D eigenvalue weighted by Gasteiger charge is -2.29. The highest BCUT2D eigenvalue weighted by molar-refractivity contribution is 5.95. The van der Waals surface area contributed by atoms with E-state index in [9.17, 15) is 9.59 Å². The Morgan fingerprint density at radius 3 is 2.79 bits per heavy atom. The zero-order chi connectivity index (χ0) is 20.4. The highest BCUT2D eigenvalue weighted by Gasteiger charge is 2.43. The fourth-order valence-electron chi connectivity index (χ4n) is 4.24. The van der Waals surface area contributed by atoms with E-state index in [-0.39, 0.29) is 24.0 Å². The molecule has 4 rings (SSSR count). The van der Waals surface area contributed by atoms with Gasteiger partial charge in [0.25, 0.3) is 5.91 Å². The molecule has 0 N–H and O–H groups in total. The number of carbonyl (C=O) groups is 2. The summed E-state index contributed by atoms with van der Waals surface area (Å²) >= 11 is 0. The monoisotopic (exact) mass is 396 g/mol. The van der Waals surface area contributed by atoms with Crippen LogP contribution in [0.25, 0.3) is 0 Å². The van der Waals surface area contributed by atoms with Gasteiger partial charge in [-0.15, -0.1) is 0 Å². The lowest BCUT2D eigenvalue weighted by Crippen LogP contribution is -2.45. The molecule has 0 spiro atoms. The van der Waals surface area contributed by atoms with E-state index >= 15 is 0 Å². The molecular weight excluding hydrogens is 368 g/mol. The molecule has 2 saturated heterocycles. The van der Waals surface area contributed by atoms with Crippen molar-refractivity contribution in [2.75, 3.05) is 19.7 Å². The summed E-state index contributed by atoms with van der Waals surface area (Å²) in [5.41, 5.74) is 2.47. The first-order chi connectivity index (χ1) is 14.1. The summed E-state index contributed by atoms with van der Waals surface area (Å²) in [6.07, 6.45) is 3.03. The molecule has 2 fully saturated rings. The Kier molecular flexibility index (Phi) is 5.67. The normalized spacial score (nSPS) is 21.9. The van der Waals surface area contributed by atoms with Gasteiger partial charge < -0.3 is 14.5 Å². The predicted octanol–water partition coefficient (Wildman–Crippen LogP) is 2.24. The first-order valence-corrected chi connectivity index (χ1v) is 10.3. The number of aryl methyl sites for hydroxylation is 2. The van der Waals surface area contributed by atoms with Gasteiger partial charge >= 0.3 is 0 Å². The number of fused-ring (bicyclic) bond motifs is 1. The van der Waals surface area contributed by atoms with Gasteiger partial charge in [-0.1, -0.05) is 37.3 Å². The maximum Gasteiger partial charge on any atom is 0.257 e. The highest BCUT2D eigenvalue weighted by atomic mass is 16.5. The van der Waals surface area contributed by atoms with E-state index in [0.29, 0.717) is 38.2 Å². The van der Waals surface area contributed by atoms with Gasteiger partial charge in [0.15, 0.2) is 0 Å². The van der Waals surface area contributed by atoms with Crippen LogP contribution in [0, 0.1) is 6.92 Å². The lowest BCUT2D eigenvalue weighted by atomic mass is 10.1. The van der Waals surface area contributed by atoms with Gasteiger partial charge in [0.1, 0.15) is 0 Å². The fraction of sp³-hybridized carbons (Fsp3) is 0.500. The topological polar surface area (TPSA) is 67.7 Å². The number of ether oxygens (including phenoxy) is 1. The van der Waals surface area contributed by atoms with E-state index < -0.39 is 0 Å². The van der Waals surface area contributed by atoms with E-state index in [1.807, 2.05) is 57.9 Å². The maximum atomic E-state index is 13.2. The van der Waals surface area contributed by atoms with Gasteiger partial charge in [-0.25, -0.2) is 0 Å². The largest absolute Gasteiger partial charge is 0.374 e. The number of carbonyl (C=O) groups excluding carboxylic acids is 2. The molecule has 2 aliphatic rings. The minimum atomic E-state index is -0.153. The molecule has 2 atom stereocenters. The summed E-state index contributed by atoms with van der Waals surface area (Å²) in [6.45, 7) is 6.68. The Labute approximate surface area is 171 Å². The molecule has 7 heteroatoms. The van der Waals surface area contributed by atoms with Crippen LogP contribution in [-0.2, 0) is 22.6 Å². The number of hydrogen-bond acceptors (Lipinski definition) is 4. The Morgan fingerprint density at radius 1 is 1.24 bits per heavy atom. The first kappa shape index (κ1) is 19.6. The molecule has 0 bridgehead atoms. The van der Waals surface area contributed by atoms with Crippen molar-refractivity contribution in [3.05, 3.63) is 53.3 Å². The predicted molar refractivity (Wildman–Crippen MR) is 108 cm³/mol. The van der Waals surface area contributed by atoms with Crippen molar-refractivity contribution in [2.24, 2.45) is 0 Å². The fourth-order valence-corrected chi connectivity index (χ4v) is 4.24. The summed E-state index contributed by atoms with van der Waals surface area (Å²) in [4.78, 5) is 29.6. The third-order valence-corrected chi connectivity index (χ3v) is 5.72. The second-order valence-corrected chi connectivity index (χ2v) is 7.84. The van der Waals surface area contributed by atoms with E-state index in [0.717, 1.165) is 24.2 Å². The van der Waals surface area contributed by atoms with Crippen LogP contribution in [0.15, 0.2) is 36.5 Å². The SMILES string of the molecule is CCCn1cc(C(=O)N2C[C@@H]3OCCC(=O)N(Cc4ccccc4)[C@H]3C2)c(C)n1. The smallest absolute Gasteiger partial charge is 0.257 e. The third kappa shape index (κ3) is 4.05. The molecule has 1 aromatic carbocycles. The Morgan fingerprint density at radius 2 is 2.03 bits per heavy atom. The summed E-state index contributed by atoms with van der Waals surface area (Å²) in [5, 5.41) is 4.45. The molecule has 29 heavy (non-hydrogen) atoms. The van der Waals surface area contributed by atoms with Crippen molar-refractivity contribution < 1.29 is 14.3 Å². The minimum absolute atomic E-state index is 0.0337.